The number of hydrogen-bond acceptors (Lipinski definition) is 3. The zero-order chi connectivity index (χ0) is 18.6. The minimum absolute atomic E-state index is 0.129. The van der Waals surface area contributed by atoms with Gasteiger partial charge in [0, 0.05) is 0 Å². The van der Waals surface area contributed by atoms with Crippen molar-refractivity contribution in [2.45, 2.75) is 45.4 Å². The Labute approximate surface area is 147 Å². The second-order valence-electron chi connectivity index (χ2n) is 7.61. The topological polar surface area (TPSA) is 43.6 Å². The van der Waals surface area contributed by atoms with Gasteiger partial charge in [-0.1, -0.05) is 0 Å². The molecular weight excluding hydrogens is 443 g/mol. The summed E-state index contributed by atoms with van der Waals surface area (Å²) in [6.45, 7) is 0. The van der Waals surface area contributed by atoms with Crippen LogP contribution in [0.1, 0.15) is 35.8 Å². The molecule has 2 heterocycles. The van der Waals surface area contributed by atoms with Crippen LogP contribution < -0.4 is 3.71 Å². The third-order valence-corrected chi connectivity index (χ3v) is 9.53. The maximum absolute atomic E-state index is 15.6. The molecule has 0 amide bonds. The van der Waals surface area contributed by atoms with Crippen LogP contribution in [0.5, 0.6) is 0 Å². The van der Waals surface area contributed by atoms with Crippen LogP contribution in [0.4, 0.5) is 17.6 Å². The number of halogens is 4. The molecule has 136 valence electrons. The molecule has 4 nitrogen and oxygen atoms in total. The van der Waals surface area contributed by atoms with E-state index in [0.29, 0.717) is 9.40 Å². The van der Waals surface area contributed by atoms with E-state index in [0.717, 1.165) is 23.7 Å². The molecule has 1 saturated carbocycles. The van der Waals surface area contributed by atoms with Crippen molar-refractivity contribution >= 4 is 22.1 Å². The van der Waals surface area contributed by atoms with Crippen molar-refractivity contribution in [3.05, 3.63) is 35.5 Å². The quantitative estimate of drug-likeness (QED) is 0.516. The van der Waals surface area contributed by atoms with E-state index in [-0.39, 0.29) is 5.92 Å². The van der Waals surface area contributed by atoms with Crippen molar-refractivity contribution in [2.24, 2.45) is 7.05 Å². The molecule has 0 spiro atoms. The maximum atomic E-state index is 15.6. The van der Waals surface area contributed by atoms with Gasteiger partial charge in [-0.3, -0.25) is 0 Å². The van der Waals surface area contributed by atoms with Gasteiger partial charge >= 0.3 is 147 Å². The molecule has 25 heavy (non-hydrogen) atoms. The van der Waals surface area contributed by atoms with Crippen LogP contribution >= 0.6 is 0 Å². The average molecular weight is 463 g/mol. The molecule has 1 atom stereocenters. The molecule has 9 heteroatoms. The van der Waals surface area contributed by atoms with Crippen molar-refractivity contribution in [3.63, 3.8) is 0 Å². The fraction of sp³-hybridized carbons (Fsp3) is 0.562. The molecule has 0 aliphatic heterocycles. The van der Waals surface area contributed by atoms with Crippen LogP contribution in [-0.2, 0) is 12.7 Å². The monoisotopic (exact) mass is 464 g/mol. The molecule has 2 aromatic rings. The van der Waals surface area contributed by atoms with Gasteiger partial charge in [0.1, 0.15) is 0 Å². The second-order valence-corrected chi connectivity index (χ2v) is 21.9. The van der Waals surface area contributed by atoms with Gasteiger partial charge in [0.05, 0.1) is 0 Å². The third-order valence-electron chi connectivity index (χ3n) is 4.42. The van der Waals surface area contributed by atoms with Crippen LogP contribution in [0.15, 0.2) is 18.5 Å². The Hall–Kier alpha value is -1.19. The Morgan fingerprint density at radius 3 is 2.20 bits per heavy atom. The van der Waals surface area contributed by atoms with E-state index < -0.39 is 41.6 Å². The number of hydrogen-bond donors (Lipinski definition) is 0. The van der Waals surface area contributed by atoms with Crippen molar-refractivity contribution in [3.8, 4) is 0 Å². The summed E-state index contributed by atoms with van der Waals surface area (Å²) in [6.07, 6.45) is -2.32. The predicted octanol–water partition coefficient (Wildman–Crippen LogP) is 3.41. The molecule has 0 radical (unpaired) electrons. The van der Waals surface area contributed by atoms with Crippen LogP contribution in [0, 0.1) is 0 Å². The Bertz CT molecular complexity index is 792. The number of aromatic nitrogens is 4. The summed E-state index contributed by atoms with van der Waals surface area (Å²) in [5.41, 5.74) is -3.58. The average Bonchev–Trinajstić information content (AvgIpc) is 3.26. The van der Waals surface area contributed by atoms with Crippen LogP contribution in [0.2, 0.25) is 14.8 Å². The molecule has 2 aromatic heterocycles. The van der Waals surface area contributed by atoms with Gasteiger partial charge in [-0.25, -0.2) is 0 Å². The van der Waals surface area contributed by atoms with Crippen molar-refractivity contribution < 1.29 is 17.6 Å². The molecule has 0 N–H and O–H groups in total. The van der Waals surface area contributed by atoms with E-state index in [4.69, 9.17) is 0 Å². The first-order valence-electron chi connectivity index (χ1n) is 8.07. The van der Waals surface area contributed by atoms with Gasteiger partial charge in [0.25, 0.3) is 0 Å². The fourth-order valence-corrected chi connectivity index (χ4v) is 5.74. The van der Waals surface area contributed by atoms with E-state index in [1.807, 2.05) is 14.8 Å². The molecule has 1 unspecified atom stereocenters. The van der Waals surface area contributed by atoms with Crippen LogP contribution in [-0.4, -0.2) is 44.3 Å². The van der Waals surface area contributed by atoms with E-state index in [1.54, 1.807) is 0 Å². The molecule has 0 bridgehead atoms. The first kappa shape index (κ1) is 18.6. The Balaban J connectivity index is 2.26. The number of pyridine rings is 1. The molecule has 1 fully saturated rings. The van der Waals surface area contributed by atoms with E-state index >= 15 is 4.39 Å². The van der Waals surface area contributed by atoms with E-state index in [2.05, 4.69) is 15.2 Å². The number of alkyl halides is 4. The van der Waals surface area contributed by atoms with Crippen molar-refractivity contribution in [1.82, 2.24) is 19.7 Å². The third kappa shape index (κ3) is 3.29. The fourth-order valence-electron chi connectivity index (χ4n) is 2.74. The van der Waals surface area contributed by atoms with Gasteiger partial charge in [0.2, 0.25) is 0 Å². The number of nitrogens with zero attached hydrogens (tertiary/aromatic N) is 4. The van der Waals surface area contributed by atoms with Gasteiger partial charge in [-0.05, 0) is 0 Å². The van der Waals surface area contributed by atoms with E-state index in [9.17, 15) is 13.2 Å². The summed E-state index contributed by atoms with van der Waals surface area (Å²) in [4.78, 5) is 10.7. The van der Waals surface area contributed by atoms with Crippen LogP contribution in [0.25, 0.3) is 0 Å². The Morgan fingerprint density at radius 1 is 1.12 bits per heavy atom. The first-order valence-corrected chi connectivity index (χ1v) is 18.1. The Morgan fingerprint density at radius 2 is 1.76 bits per heavy atom. The molecular formula is C16H20F4N4Sn. The molecule has 1 aliphatic rings. The summed E-state index contributed by atoms with van der Waals surface area (Å²) in [6, 6.07) is 2.56. The molecule has 1 aliphatic carbocycles. The summed E-state index contributed by atoms with van der Waals surface area (Å²) >= 11 is -2.82. The van der Waals surface area contributed by atoms with E-state index in [1.165, 1.54) is 19.2 Å². The molecule has 3 rings (SSSR count). The SMILES string of the molecule is Cn1cnnc1C(F)(c1cc(C2CC2)n[c]([Sn]([CH3])([CH3])[CH3])c1)C(F)(F)F. The Kier molecular flexibility index (Phi) is 4.40. The normalized spacial score (nSPS) is 18.2. The predicted molar refractivity (Wildman–Crippen MR) is 88.1 cm³/mol. The molecule has 0 saturated heterocycles. The first-order chi connectivity index (χ1) is 11.4. The number of aryl methyl sites for hydroxylation is 1. The summed E-state index contributed by atoms with van der Waals surface area (Å²) in [7, 11) is 1.31. The van der Waals surface area contributed by atoms with Gasteiger partial charge in [-0.15, -0.1) is 0 Å². The number of rotatable bonds is 4. The zero-order valence-corrected chi connectivity index (χ0v) is 17.4. The van der Waals surface area contributed by atoms with Crippen molar-refractivity contribution in [1.29, 1.82) is 0 Å². The second kappa shape index (κ2) is 5.92. The van der Waals surface area contributed by atoms with Crippen LogP contribution in [0.3, 0.4) is 0 Å². The minimum atomic E-state index is -5.15. The van der Waals surface area contributed by atoms with Crippen molar-refractivity contribution in [2.75, 3.05) is 0 Å². The van der Waals surface area contributed by atoms with Gasteiger partial charge in [-0.2, -0.15) is 0 Å². The standard InChI is InChI=1S/C13H11F4N4.3CH3.Sn/c1-21-7-19-20-11(21)12(14,13(15,16)17)9-4-5-18-10(6-9)8-2-3-8;;;;/h4,6-8H,2-3H2,1H3;3*1H3;. The summed E-state index contributed by atoms with van der Waals surface area (Å²) in [5, 5.41) is 6.87. The van der Waals surface area contributed by atoms with Gasteiger partial charge in [0.15, 0.2) is 0 Å². The zero-order valence-electron chi connectivity index (χ0n) is 14.5. The van der Waals surface area contributed by atoms with Gasteiger partial charge < -0.3 is 0 Å². The molecule has 0 aromatic carbocycles. The summed E-state index contributed by atoms with van der Waals surface area (Å²) in [5.74, 6) is -0.632. The summed E-state index contributed by atoms with van der Waals surface area (Å²) < 4.78 is 58.8.